The van der Waals surface area contributed by atoms with Gasteiger partial charge in [-0.25, -0.2) is 13.5 Å². The molecular weight excluding hydrogens is 526 g/mol. The zero-order valence-electron chi connectivity index (χ0n) is 22.9. The van der Waals surface area contributed by atoms with Crippen molar-refractivity contribution in [1.29, 1.82) is 0 Å². The molecule has 2 atom stereocenters. The molecule has 0 amide bonds. The van der Waals surface area contributed by atoms with Crippen molar-refractivity contribution in [2.24, 2.45) is 5.41 Å². The molecule has 0 saturated carbocycles. The van der Waals surface area contributed by atoms with E-state index in [9.17, 15) is 13.3 Å². The lowest BCUT2D eigenvalue weighted by molar-refractivity contribution is 0.209. The summed E-state index contributed by atoms with van der Waals surface area (Å²) in [6.45, 7) is 7.56. The van der Waals surface area contributed by atoms with Crippen molar-refractivity contribution in [3.8, 4) is 5.69 Å². The van der Waals surface area contributed by atoms with E-state index in [4.69, 9.17) is 0 Å². The lowest BCUT2D eigenvalue weighted by Crippen LogP contribution is -2.50. The van der Waals surface area contributed by atoms with Crippen LogP contribution in [-0.2, 0) is 29.6 Å². The van der Waals surface area contributed by atoms with Crippen molar-refractivity contribution in [2.45, 2.75) is 50.3 Å². The lowest BCUT2D eigenvalue weighted by Gasteiger charge is -2.46. The van der Waals surface area contributed by atoms with Crippen LogP contribution in [0.4, 0.5) is 8.78 Å². The molecule has 0 bridgehead atoms. The third-order valence-electron chi connectivity index (χ3n) is 7.98. The predicted octanol–water partition coefficient (Wildman–Crippen LogP) is 6.44. The summed E-state index contributed by atoms with van der Waals surface area (Å²) in [5, 5.41) is 4.65. The molecule has 2 unspecified atom stereocenters. The second kappa shape index (κ2) is 10.3. The first-order valence-electron chi connectivity index (χ1n) is 13.5. The normalized spacial score (nSPS) is 20.0. The molecule has 1 aliphatic carbocycles. The molecule has 206 valence electrons. The number of halogens is 2. The van der Waals surface area contributed by atoms with Gasteiger partial charge in [-0.05, 0) is 85.0 Å². The first kappa shape index (κ1) is 26.9. The Hall–Kier alpha value is -3.33. The van der Waals surface area contributed by atoms with Gasteiger partial charge in [0.1, 0.15) is 11.6 Å². The van der Waals surface area contributed by atoms with E-state index < -0.39 is 11.4 Å². The van der Waals surface area contributed by atoms with Crippen LogP contribution >= 0.6 is 0 Å². The maximum absolute atomic E-state index is 13.8. The first-order chi connectivity index (χ1) is 19.1. The maximum atomic E-state index is 13.8. The number of rotatable bonds is 5. The molecular formula is C32H32F2N4OS. The summed E-state index contributed by atoms with van der Waals surface area (Å²) in [7, 11) is 0. The van der Waals surface area contributed by atoms with Gasteiger partial charge in [0, 0.05) is 23.1 Å². The molecule has 0 N–H and O–H groups in total. The number of nitrogens with zero attached hydrogens (tertiary/aromatic N) is 4. The van der Waals surface area contributed by atoms with E-state index in [-0.39, 0.29) is 22.5 Å². The second-order valence-electron chi connectivity index (χ2n) is 11.9. The highest BCUT2D eigenvalue weighted by Crippen LogP contribution is 2.47. The molecule has 5 nitrogen and oxygen atoms in total. The summed E-state index contributed by atoms with van der Waals surface area (Å²) in [6.07, 6.45) is 7.97. The highest BCUT2D eigenvalue weighted by molar-refractivity contribution is 7.89. The van der Waals surface area contributed by atoms with Gasteiger partial charge in [0.05, 0.1) is 41.7 Å². The average Bonchev–Trinajstić information content (AvgIpc) is 3.34. The van der Waals surface area contributed by atoms with E-state index in [0.717, 1.165) is 34.6 Å². The Kier molecular flexibility index (Phi) is 6.89. The maximum Gasteiger partial charge on any atom is 0.192 e. The summed E-state index contributed by atoms with van der Waals surface area (Å²) in [5.74, 6) is -0.550. The third kappa shape index (κ3) is 5.11. The van der Waals surface area contributed by atoms with Gasteiger partial charge in [-0.1, -0.05) is 38.5 Å². The van der Waals surface area contributed by atoms with Crippen molar-refractivity contribution in [3.63, 3.8) is 0 Å². The Labute approximate surface area is 236 Å². The summed E-state index contributed by atoms with van der Waals surface area (Å²) in [5.41, 5.74) is 5.73. The van der Waals surface area contributed by atoms with E-state index in [2.05, 4.69) is 36.9 Å². The van der Waals surface area contributed by atoms with Crippen LogP contribution < -0.4 is 0 Å². The molecule has 2 aliphatic rings. The molecule has 1 aliphatic heterocycles. The Balaban J connectivity index is 1.34. The molecule has 2 aromatic heterocycles. The van der Waals surface area contributed by atoms with Gasteiger partial charge in [0.2, 0.25) is 0 Å². The Morgan fingerprint density at radius 2 is 1.65 bits per heavy atom. The summed E-state index contributed by atoms with van der Waals surface area (Å²) < 4.78 is 45.0. The fourth-order valence-corrected chi connectivity index (χ4v) is 7.11. The Morgan fingerprint density at radius 3 is 2.30 bits per heavy atom. The van der Waals surface area contributed by atoms with Gasteiger partial charge in [0.25, 0.3) is 0 Å². The van der Waals surface area contributed by atoms with E-state index in [1.54, 1.807) is 18.3 Å². The van der Waals surface area contributed by atoms with Gasteiger partial charge in [-0.3, -0.25) is 4.98 Å². The molecule has 2 aromatic carbocycles. The summed E-state index contributed by atoms with van der Waals surface area (Å²) in [6, 6.07) is 16.9. The van der Waals surface area contributed by atoms with Gasteiger partial charge in [-0.2, -0.15) is 5.10 Å². The van der Waals surface area contributed by atoms with Crippen molar-refractivity contribution >= 4 is 17.4 Å². The summed E-state index contributed by atoms with van der Waals surface area (Å²) in [4.78, 5) is 5.30. The first-order valence-corrected chi connectivity index (χ1v) is 14.6. The van der Waals surface area contributed by atoms with Crippen molar-refractivity contribution < 1.29 is 13.3 Å². The largest absolute Gasteiger partial charge is 0.593 e. The van der Waals surface area contributed by atoms with Crippen LogP contribution in [0.25, 0.3) is 11.8 Å². The summed E-state index contributed by atoms with van der Waals surface area (Å²) >= 11 is -1.36. The second-order valence-corrected chi connectivity index (χ2v) is 13.4. The molecule has 40 heavy (non-hydrogen) atoms. The smallest absolute Gasteiger partial charge is 0.192 e. The zero-order chi connectivity index (χ0) is 28.1. The molecule has 1 fully saturated rings. The molecule has 3 heterocycles. The standard InChI is InChI=1S/C32H32F2N4OS/c1-31(2,3)30-13-12-28(20-35-30)40(39)37-15-14-24-16-29-23(19-36-38(29)27-10-8-26(34)9-11-27)18-32(24,21-37)17-22-4-6-25(33)7-5-22/h4-13,16,19-20H,14-15,17-18,21H2,1-3H3. The molecule has 0 spiro atoms. The minimum absolute atomic E-state index is 0.0811. The number of fused-ring (bicyclic) bond motifs is 2. The van der Waals surface area contributed by atoms with Crippen LogP contribution in [-0.4, -0.2) is 36.7 Å². The van der Waals surface area contributed by atoms with Crippen LogP contribution in [0.5, 0.6) is 0 Å². The van der Waals surface area contributed by atoms with Gasteiger partial charge in [0.15, 0.2) is 4.90 Å². The number of pyridine rings is 1. The number of benzene rings is 2. The van der Waals surface area contributed by atoms with Crippen LogP contribution in [0.2, 0.25) is 0 Å². The van der Waals surface area contributed by atoms with E-state index in [1.165, 1.54) is 29.8 Å². The Morgan fingerprint density at radius 1 is 0.950 bits per heavy atom. The van der Waals surface area contributed by atoms with Crippen molar-refractivity contribution in [2.75, 3.05) is 13.1 Å². The lowest BCUT2D eigenvalue weighted by atomic mass is 9.66. The molecule has 6 rings (SSSR count). The van der Waals surface area contributed by atoms with Crippen LogP contribution in [0, 0.1) is 17.0 Å². The molecule has 0 radical (unpaired) electrons. The SMILES string of the molecule is CC(C)(C)c1ccc([S+]([O-])N2CCC3=Cc4c(cnn4-c4ccc(F)cc4)CC3(Cc3ccc(F)cc3)C2)cn1. The molecule has 8 heteroatoms. The highest BCUT2D eigenvalue weighted by Gasteiger charge is 2.46. The Bertz CT molecular complexity index is 1540. The number of piperidine rings is 1. The topological polar surface area (TPSA) is 57.0 Å². The monoisotopic (exact) mass is 558 g/mol. The van der Waals surface area contributed by atoms with Crippen LogP contribution in [0.15, 0.2) is 83.5 Å². The quantitative estimate of drug-likeness (QED) is 0.265. The van der Waals surface area contributed by atoms with E-state index >= 15 is 0 Å². The zero-order valence-corrected chi connectivity index (χ0v) is 23.7. The highest BCUT2D eigenvalue weighted by atomic mass is 32.2. The molecule has 4 aromatic rings. The van der Waals surface area contributed by atoms with Crippen molar-refractivity contribution in [1.82, 2.24) is 19.1 Å². The van der Waals surface area contributed by atoms with Gasteiger partial charge < -0.3 is 4.55 Å². The minimum atomic E-state index is -1.36. The number of hydrogen-bond acceptors (Lipinski definition) is 4. The number of aromatic nitrogens is 3. The van der Waals surface area contributed by atoms with Gasteiger partial charge in [-0.15, -0.1) is 4.31 Å². The van der Waals surface area contributed by atoms with Crippen molar-refractivity contribution in [3.05, 3.63) is 113 Å². The minimum Gasteiger partial charge on any atom is -0.593 e. The van der Waals surface area contributed by atoms with Crippen LogP contribution in [0.1, 0.15) is 49.7 Å². The fraction of sp³-hybridized carbons (Fsp3) is 0.312. The van der Waals surface area contributed by atoms with Crippen LogP contribution in [0.3, 0.4) is 0 Å². The van der Waals surface area contributed by atoms with E-state index in [0.29, 0.717) is 30.8 Å². The number of hydrogen-bond donors (Lipinski definition) is 0. The third-order valence-corrected chi connectivity index (χ3v) is 9.41. The predicted molar refractivity (Wildman–Crippen MR) is 153 cm³/mol. The van der Waals surface area contributed by atoms with Gasteiger partial charge >= 0.3 is 0 Å². The fourth-order valence-electron chi connectivity index (χ4n) is 5.87. The molecule has 1 saturated heterocycles. The average molecular weight is 559 g/mol. The van der Waals surface area contributed by atoms with E-state index in [1.807, 2.05) is 39.4 Å².